The number of hydrogen-bond acceptors (Lipinski definition) is 6. The smallest absolute Gasteiger partial charge is 0.339 e. The summed E-state index contributed by atoms with van der Waals surface area (Å²) in [6.07, 6.45) is 0. The average molecular weight is 494 g/mol. The molecule has 1 N–H and O–H groups in total. The van der Waals surface area contributed by atoms with Gasteiger partial charge in [0, 0.05) is 38.3 Å². The number of benzene rings is 3. The second-order valence-electron chi connectivity index (χ2n) is 8.18. The van der Waals surface area contributed by atoms with Gasteiger partial charge in [-0.25, -0.2) is 13.2 Å². The minimum atomic E-state index is -3.50. The van der Waals surface area contributed by atoms with Gasteiger partial charge in [-0.2, -0.15) is 4.31 Å². The average Bonchev–Trinajstić information content (AvgIpc) is 2.89. The number of hydrogen-bond donors (Lipinski definition) is 1. The molecule has 4 rings (SSSR count). The molecule has 1 heterocycles. The summed E-state index contributed by atoms with van der Waals surface area (Å²) in [5.74, 6) is -0.856. The van der Waals surface area contributed by atoms with Crippen molar-refractivity contribution in [2.75, 3.05) is 38.6 Å². The van der Waals surface area contributed by atoms with Crippen LogP contribution >= 0.6 is 0 Å². The molecule has 3 aromatic carbocycles. The van der Waals surface area contributed by atoms with Crippen LogP contribution in [0.1, 0.15) is 26.3 Å². The van der Waals surface area contributed by atoms with E-state index in [0.717, 1.165) is 5.56 Å². The lowest BCUT2D eigenvalue weighted by atomic mass is 10.1. The number of carbonyl (C=O) groups is 2. The number of esters is 1. The van der Waals surface area contributed by atoms with E-state index in [9.17, 15) is 18.0 Å². The third-order valence-electron chi connectivity index (χ3n) is 5.89. The standard InChI is InChI=1S/C26H27N3O5S/c1-34-26(31)23-12-5-6-13-24(23)27-25(30)21-9-7-8-20(18-21)19-28-14-16-29(17-15-28)35(32,33)22-10-3-2-4-11-22/h2-13,18H,14-17,19H2,1H3,(H,27,30). The number of amides is 1. The topological polar surface area (TPSA) is 96.0 Å². The maximum absolute atomic E-state index is 12.9. The van der Waals surface area contributed by atoms with Gasteiger partial charge in [0.15, 0.2) is 0 Å². The fraction of sp³-hybridized carbons (Fsp3) is 0.231. The first kappa shape index (κ1) is 24.6. The first-order chi connectivity index (χ1) is 16.9. The van der Waals surface area contributed by atoms with Crippen LogP contribution < -0.4 is 5.32 Å². The number of rotatable bonds is 7. The van der Waals surface area contributed by atoms with Gasteiger partial charge in [-0.15, -0.1) is 0 Å². The highest BCUT2D eigenvalue weighted by Gasteiger charge is 2.28. The Labute approximate surface area is 205 Å². The Balaban J connectivity index is 1.38. The van der Waals surface area contributed by atoms with Crippen molar-refractivity contribution in [1.29, 1.82) is 0 Å². The molecule has 1 saturated heterocycles. The Bertz CT molecular complexity index is 1300. The number of ether oxygens (including phenoxy) is 1. The fourth-order valence-corrected chi connectivity index (χ4v) is 5.46. The highest BCUT2D eigenvalue weighted by Crippen LogP contribution is 2.20. The minimum absolute atomic E-state index is 0.280. The van der Waals surface area contributed by atoms with Crippen molar-refractivity contribution in [3.05, 3.63) is 95.6 Å². The number of nitrogens with one attached hydrogen (secondary N) is 1. The van der Waals surface area contributed by atoms with E-state index in [-0.39, 0.29) is 11.5 Å². The van der Waals surface area contributed by atoms with E-state index >= 15 is 0 Å². The lowest BCUT2D eigenvalue weighted by Crippen LogP contribution is -2.48. The van der Waals surface area contributed by atoms with Gasteiger partial charge in [0.05, 0.1) is 23.3 Å². The van der Waals surface area contributed by atoms with Gasteiger partial charge < -0.3 is 10.1 Å². The van der Waals surface area contributed by atoms with E-state index in [1.54, 1.807) is 60.7 Å². The predicted molar refractivity (Wildman–Crippen MR) is 133 cm³/mol. The van der Waals surface area contributed by atoms with Crippen LogP contribution in [0.2, 0.25) is 0 Å². The Morgan fingerprint density at radius 3 is 2.29 bits per heavy atom. The van der Waals surface area contributed by atoms with Crippen molar-refractivity contribution < 1.29 is 22.7 Å². The van der Waals surface area contributed by atoms with Crippen molar-refractivity contribution in [2.24, 2.45) is 0 Å². The van der Waals surface area contributed by atoms with Crippen molar-refractivity contribution >= 4 is 27.6 Å². The molecule has 9 heteroatoms. The number of carbonyl (C=O) groups excluding carboxylic acids is 2. The van der Waals surface area contributed by atoms with Crippen LogP contribution in [0.25, 0.3) is 0 Å². The molecule has 0 saturated carbocycles. The third-order valence-corrected chi connectivity index (χ3v) is 7.80. The van der Waals surface area contributed by atoms with Crippen LogP contribution in [0, 0.1) is 0 Å². The lowest BCUT2D eigenvalue weighted by molar-refractivity contribution is 0.0602. The van der Waals surface area contributed by atoms with Gasteiger partial charge in [0.1, 0.15) is 0 Å². The molecule has 3 aromatic rings. The van der Waals surface area contributed by atoms with Crippen LogP contribution in [-0.2, 0) is 21.3 Å². The van der Waals surface area contributed by atoms with Crippen molar-refractivity contribution in [1.82, 2.24) is 9.21 Å². The number of sulfonamides is 1. The first-order valence-electron chi connectivity index (χ1n) is 11.2. The molecule has 1 aliphatic rings. The molecule has 8 nitrogen and oxygen atoms in total. The van der Waals surface area contributed by atoms with Crippen LogP contribution in [-0.4, -0.2) is 62.8 Å². The summed E-state index contributed by atoms with van der Waals surface area (Å²) in [6, 6.07) is 22.4. The number of para-hydroxylation sites is 1. The summed E-state index contributed by atoms with van der Waals surface area (Å²) in [4.78, 5) is 27.3. The summed E-state index contributed by atoms with van der Waals surface area (Å²) >= 11 is 0. The van der Waals surface area contributed by atoms with E-state index in [1.807, 2.05) is 18.2 Å². The molecule has 35 heavy (non-hydrogen) atoms. The van der Waals surface area contributed by atoms with Gasteiger partial charge in [0.2, 0.25) is 10.0 Å². The molecule has 0 bridgehead atoms. The largest absolute Gasteiger partial charge is 0.465 e. The quantitative estimate of drug-likeness (QED) is 0.508. The summed E-state index contributed by atoms with van der Waals surface area (Å²) < 4.78 is 32.0. The normalized spacial score (nSPS) is 14.9. The van der Waals surface area contributed by atoms with Gasteiger partial charge in [0.25, 0.3) is 5.91 Å². The lowest BCUT2D eigenvalue weighted by Gasteiger charge is -2.34. The predicted octanol–water partition coefficient (Wildman–Crippen LogP) is 3.23. The van der Waals surface area contributed by atoms with Gasteiger partial charge in [-0.05, 0) is 42.0 Å². The monoisotopic (exact) mass is 493 g/mol. The summed E-state index contributed by atoms with van der Waals surface area (Å²) in [7, 11) is -2.20. The molecule has 1 aliphatic heterocycles. The zero-order chi connectivity index (χ0) is 24.8. The Hall–Kier alpha value is -3.53. The fourth-order valence-electron chi connectivity index (χ4n) is 4.01. The van der Waals surface area contributed by atoms with E-state index < -0.39 is 16.0 Å². The van der Waals surface area contributed by atoms with Gasteiger partial charge in [-0.1, -0.05) is 42.5 Å². The molecule has 1 fully saturated rings. The molecule has 0 aliphatic carbocycles. The summed E-state index contributed by atoms with van der Waals surface area (Å²) in [5.41, 5.74) is 2.07. The van der Waals surface area contributed by atoms with Crippen LogP contribution in [0.15, 0.2) is 83.8 Å². The SMILES string of the molecule is COC(=O)c1ccccc1NC(=O)c1cccc(CN2CCN(S(=O)(=O)c3ccccc3)CC2)c1. The third kappa shape index (κ3) is 5.76. The molecule has 0 atom stereocenters. The van der Waals surface area contributed by atoms with E-state index in [0.29, 0.717) is 48.9 Å². The van der Waals surface area contributed by atoms with E-state index in [2.05, 4.69) is 10.2 Å². The van der Waals surface area contributed by atoms with Gasteiger partial charge >= 0.3 is 5.97 Å². The van der Waals surface area contributed by atoms with Crippen molar-refractivity contribution in [3.8, 4) is 0 Å². The van der Waals surface area contributed by atoms with Crippen molar-refractivity contribution in [3.63, 3.8) is 0 Å². The number of anilines is 1. The second kappa shape index (κ2) is 10.8. The van der Waals surface area contributed by atoms with Crippen LogP contribution in [0.4, 0.5) is 5.69 Å². The zero-order valence-corrected chi connectivity index (χ0v) is 20.2. The summed E-state index contributed by atoms with van der Waals surface area (Å²) in [6.45, 7) is 2.59. The van der Waals surface area contributed by atoms with Crippen molar-refractivity contribution in [2.45, 2.75) is 11.4 Å². The van der Waals surface area contributed by atoms with Gasteiger partial charge in [-0.3, -0.25) is 9.69 Å². The molecule has 182 valence electrons. The summed E-state index contributed by atoms with van der Waals surface area (Å²) in [5, 5.41) is 2.78. The second-order valence-corrected chi connectivity index (χ2v) is 10.1. The highest BCUT2D eigenvalue weighted by atomic mass is 32.2. The number of nitrogens with zero attached hydrogens (tertiary/aromatic N) is 2. The Kier molecular flexibility index (Phi) is 7.60. The molecule has 1 amide bonds. The first-order valence-corrected chi connectivity index (χ1v) is 12.7. The maximum Gasteiger partial charge on any atom is 0.339 e. The maximum atomic E-state index is 12.9. The molecular formula is C26H27N3O5S. The van der Waals surface area contributed by atoms with E-state index in [4.69, 9.17) is 4.74 Å². The Morgan fingerprint density at radius 1 is 0.886 bits per heavy atom. The minimum Gasteiger partial charge on any atom is -0.465 e. The molecule has 0 radical (unpaired) electrons. The van der Waals surface area contributed by atoms with Crippen LogP contribution in [0.3, 0.4) is 0 Å². The Morgan fingerprint density at radius 2 is 1.57 bits per heavy atom. The molecular weight excluding hydrogens is 466 g/mol. The highest BCUT2D eigenvalue weighted by molar-refractivity contribution is 7.89. The number of methoxy groups -OCH3 is 1. The molecule has 0 spiro atoms. The molecule has 0 unspecified atom stereocenters. The van der Waals surface area contributed by atoms with E-state index in [1.165, 1.54) is 11.4 Å². The van der Waals surface area contributed by atoms with Crippen LogP contribution in [0.5, 0.6) is 0 Å². The number of piperazine rings is 1. The molecule has 0 aromatic heterocycles. The zero-order valence-electron chi connectivity index (χ0n) is 19.4.